The Morgan fingerprint density at radius 2 is 2.07 bits per heavy atom. The number of hydrogen-bond donors (Lipinski definition) is 1. The number of likely N-dealkylation sites (N-methyl/N-ethyl adjacent to an activating group) is 1. The van der Waals surface area contributed by atoms with Crippen LogP contribution >= 0.6 is 0 Å². The molecule has 2 atom stereocenters. The summed E-state index contributed by atoms with van der Waals surface area (Å²) in [5, 5.41) is 10.3. The largest absolute Gasteiger partial charge is 0.598 e. The van der Waals surface area contributed by atoms with Crippen LogP contribution in [-0.2, 0) is 16.2 Å². The number of rotatable bonds is 6. The molecule has 1 saturated heterocycles. The fourth-order valence-corrected chi connectivity index (χ4v) is 4.14. The number of anilines is 1. The standard InChI is InChI=1S/C19H26N6O3S/c1-11(8-19(2,3)29(20)28)14-9-25-17(21-14)15(7-13(22-25)12-5-6-12)24-10-16(26)23(4)18(24)27/h7,9,11-12H,5-6,8,10,20H2,1-4H3. The van der Waals surface area contributed by atoms with E-state index in [0.717, 1.165) is 29.1 Å². The monoisotopic (exact) mass is 418 g/mol. The van der Waals surface area contributed by atoms with Gasteiger partial charge in [0.25, 0.3) is 0 Å². The van der Waals surface area contributed by atoms with Gasteiger partial charge in [0.15, 0.2) is 5.65 Å². The molecule has 0 spiro atoms. The maximum Gasteiger partial charge on any atom is 0.331 e. The summed E-state index contributed by atoms with van der Waals surface area (Å²) in [6.45, 7) is 5.75. The van der Waals surface area contributed by atoms with Gasteiger partial charge in [-0.15, -0.1) is 0 Å². The molecule has 9 nitrogen and oxygen atoms in total. The summed E-state index contributed by atoms with van der Waals surface area (Å²) < 4.78 is 13.0. The highest BCUT2D eigenvalue weighted by atomic mass is 32.2. The normalized spacial score (nSPS) is 20.1. The van der Waals surface area contributed by atoms with E-state index >= 15 is 0 Å². The number of imidazole rings is 1. The van der Waals surface area contributed by atoms with Crippen molar-refractivity contribution in [2.24, 2.45) is 5.14 Å². The van der Waals surface area contributed by atoms with Crippen LogP contribution in [0.1, 0.15) is 63.3 Å². The topological polar surface area (TPSA) is 120 Å². The van der Waals surface area contributed by atoms with Gasteiger partial charge in [-0.1, -0.05) is 6.92 Å². The fraction of sp³-hybridized carbons (Fsp3) is 0.579. The number of aromatic nitrogens is 3. The summed E-state index contributed by atoms with van der Waals surface area (Å²) in [6, 6.07) is 1.53. The minimum atomic E-state index is -1.45. The highest BCUT2D eigenvalue weighted by Crippen LogP contribution is 2.41. The summed E-state index contributed by atoms with van der Waals surface area (Å²) in [6.07, 6.45) is 4.59. The van der Waals surface area contributed by atoms with Crippen molar-refractivity contribution in [2.75, 3.05) is 18.5 Å². The quantitative estimate of drug-likeness (QED) is 0.565. The Labute approximate surface area is 172 Å². The lowest BCUT2D eigenvalue weighted by molar-refractivity contribution is -0.123. The Morgan fingerprint density at radius 1 is 1.38 bits per heavy atom. The summed E-state index contributed by atoms with van der Waals surface area (Å²) >= 11 is -1.45. The van der Waals surface area contributed by atoms with Crippen LogP contribution in [0.2, 0.25) is 0 Å². The Balaban J connectivity index is 1.75. The van der Waals surface area contributed by atoms with Crippen LogP contribution in [0.15, 0.2) is 12.3 Å². The van der Waals surface area contributed by atoms with E-state index in [1.165, 1.54) is 11.9 Å². The molecule has 10 heteroatoms. The molecule has 2 N–H and O–H groups in total. The lowest BCUT2D eigenvalue weighted by Gasteiger charge is -2.26. The maximum atomic E-state index is 12.6. The van der Waals surface area contributed by atoms with Crippen molar-refractivity contribution in [1.29, 1.82) is 0 Å². The number of amides is 3. The van der Waals surface area contributed by atoms with Gasteiger partial charge in [0.2, 0.25) is 5.91 Å². The molecule has 0 aromatic carbocycles. The molecule has 4 rings (SSSR count). The molecular formula is C19H26N6O3S. The summed E-state index contributed by atoms with van der Waals surface area (Å²) in [5.74, 6) is 0.131. The third-order valence-electron chi connectivity index (χ3n) is 5.76. The van der Waals surface area contributed by atoms with Crippen LogP contribution in [0, 0.1) is 0 Å². The Kier molecular flexibility index (Phi) is 4.83. The zero-order chi connectivity index (χ0) is 21.1. The molecule has 2 aliphatic rings. The average molecular weight is 419 g/mol. The number of hydrogen-bond acceptors (Lipinski definition) is 6. The summed E-state index contributed by atoms with van der Waals surface area (Å²) in [7, 11) is 1.49. The van der Waals surface area contributed by atoms with Crippen molar-refractivity contribution in [3.8, 4) is 0 Å². The van der Waals surface area contributed by atoms with Crippen LogP contribution < -0.4 is 10.0 Å². The van der Waals surface area contributed by atoms with E-state index in [4.69, 9.17) is 15.2 Å². The minimum Gasteiger partial charge on any atom is -0.598 e. The number of nitrogens with zero attached hydrogens (tertiary/aromatic N) is 5. The second-order valence-corrected chi connectivity index (χ2v) is 10.3. The zero-order valence-electron chi connectivity index (χ0n) is 17.1. The van der Waals surface area contributed by atoms with Crippen molar-refractivity contribution < 1.29 is 14.1 Å². The van der Waals surface area contributed by atoms with E-state index in [1.807, 2.05) is 33.0 Å². The lowest BCUT2D eigenvalue weighted by atomic mass is 9.96. The SMILES string of the molecule is CC(CC(C)(C)[S+](N)[O-])c1cn2nc(C3CC3)cc(N3CC(=O)N(C)C3=O)c2n1. The van der Waals surface area contributed by atoms with Gasteiger partial charge in [-0.3, -0.25) is 14.6 Å². The summed E-state index contributed by atoms with van der Waals surface area (Å²) in [5.41, 5.74) is 2.84. The van der Waals surface area contributed by atoms with Crippen molar-refractivity contribution in [1.82, 2.24) is 19.5 Å². The van der Waals surface area contributed by atoms with E-state index in [-0.39, 0.29) is 24.4 Å². The van der Waals surface area contributed by atoms with Gasteiger partial charge in [-0.2, -0.15) is 10.2 Å². The lowest BCUT2D eigenvalue weighted by Crippen LogP contribution is -2.38. The van der Waals surface area contributed by atoms with Crippen LogP contribution in [0.4, 0.5) is 10.5 Å². The molecule has 29 heavy (non-hydrogen) atoms. The van der Waals surface area contributed by atoms with Crippen molar-refractivity contribution in [3.05, 3.63) is 23.7 Å². The highest BCUT2D eigenvalue weighted by molar-refractivity contribution is 7.90. The molecule has 2 fully saturated rings. The highest BCUT2D eigenvalue weighted by Gasteiger charge is 2.38. The first-order valence-corrected chi connectivity index (χ1v) is 10.9. The van der Waals surface area contributed by atoms with Crippen molar-refractivity contribution in [3.63, 3.8) is 0 Å². The first kappa shape index (κ1) is 20.1. The van der Waals surface area contributed by atoms with Crippen LogP contribution in [-0.4, -0.2) is 54.3 Å². The van der Waals surface area contributed by atoms with E-state index in [9.17, 15) is 14.1 Å². The molecular weight excluding hydrogens is 392 g/mol. The number of fused-ring (bicyclic) bond motifs is 1. The van der Waals surface area contributed by atoms with E-state index in [0.29, 0.717) is 23.7 Å². The second-order valence-electron chi connectivity index (χ2n) is 8.65. The Bertz CT molecular complexity index is 984. The first-order chi connectivity index (χ1) is 13.6. The molecule has 3 amide bonds. The molecule has 0 radical (unpaired) electrons. The fourth-order valence-electron chi connectivity index (χ4n) is 3.72. The van der Waals surface area contributed by atoms with Gasteiger partial charge in [-0.05, 0) is 32.8 Å². The van der Waals surface area contributed by atoms with E-state index < -0.39 is 16.1 Å². The van der Waals surface area contributed by atoms with Gasteiger partial charge in [0.1, 0.15) is 11.3 Å². The smallest absolute Gasteiger partial charge is 0.331 e. The molecule has 1 aliphatic heterocycles. The van der Waals surface area contributed by atoms with Crippen molar-refractivity contribution in [2.45, 2.75) is 56.6 Å². The predicted molar refractivity (Wildman–Crippen MR) is 110 cm³/mol. The molecule has 2 aromatic rings. The minimum absolute atomic E-state index is 0.00392. The number of urea groups is 1. The second kappa shape index (κ2) is 6.96. The molecule has 1 aliphatic carbocycles. The van der Waals surface area contributed by atoms with Gasteiger partial charge >= 0.3 is 6.03 Å². The molecule has 0 bridgehead atoms. The molecule has 2 aromatic heterocycles. The van der Waals surface area contributed by atoms with Crippen LogP contribution in [0.5, 0.6) is 0 Å². The third kappa shape index (κ3) is 3.60. The van der Waals surface area contributed by atoms with Crippen LogP contribution in [0.25, 0.3) is 5.65 Å². The molecule has 1 saturated carbocycles. The molecule has 2 unspecified atom stereocenters. The Hall–Kier alpha value is -2.17. The van der Waals surface area contributed by atoms with Crippen molar-refractivity contribution >= 4 is 34.6 Å². The summed E-state index contributed by atoms with van der Waals surface area (Å²) in [4.78, 5) is 32.0. The molecule has 156 valence electrons. The maximum absolute atomic E-state index is 12.6. The predicted octanol–water partition coefficient (Wildman–Crippen LogP) is 1.90. The average Bonchev–Trinajstić information content (AvgIpc) is 3.36. The van der Waals surface area contributed by atoms with E-state index in [1.54, 1.807) is 4.52 Å². The van der Waals surface area contributed by atoms with Gasteiger partial charge in [0.05, 0.1) is 23.3 Å². The van der Waals surface area contributed by atoms with Crippen LogP contribution in [0.3, 0.4) is 0 Å². The zero-order valence-corrected chi connectivity index (χ0v) is 17.9. The van der Waals surface area contributed by atoms with Gasteiger partial charge < -0.3 is 4.55 Å². The first-order valence-electron chi connectivity index (χ1n) is 9.73. The van der Waals surface area contributed by atoms with Gasteiger partial charge in [-0.25, -0.2) is 14.3 Å². The number of carbonyl (C=O) groups excluding carboxylic acids is 2. The number of nitrogens with two attached hydrogens (primary N) is 1. The number of imide groups is 1. The van der Waals surface area contributed by atoms with E-state index in [2.05, 4.69) is 0 Å². The number of carbonyl (C=O) groups is 2. The molecule has 3 heterocycles. The Morgan fingerprint density at radius 3 is 2.62 bits per heavy atom. The van der Waals surface area contributed by atoms with Gasteiger partial charge in [0, 0.05) is 36.7 Å². The third-order valence-corrected chi connectivity index (χ3v) is 7.02.